The van der Waals surface area contributed by atoms with E-state index < -0.39 is 0 Å². The summed E-state index contributed by atoms with van der Waals surface area (Å²) in [5.41, 5.74) is 0. The fraction of sp³-hybridized carbons (Fsp3) is 0.786. The number of ether oxygens (including phenoxy) is 1. The van der Waals surface area contributed by atoms with Crippen LogP contribution in [0.1, 0.15) is 58.9 Å². The molecule has 1 aromatic rings. The van der Waals surface area contributed by atoms with Crippen molar-refractivity contribution in [2.45, 2.75) is 53.6 Å². The molecule has 0 saturated heterocycles. The monoisotopic (exact) mass is 268 g/mol. The summed E-state index contributed by atoms with van der Waals surface area (Å²) in [5.74, 6) is 1.65. The number of rotatable bonds is 8. The minimum absolute atomic E-state index is 0.128. The van der Waals surface area contributed by atoms with Crippen LogP contribution >= 0.6 is 0 Å². The summed E-state index contributed by atoms with van der Waals surface area (Å²) in [7, 11) is 0. The van der Waals surface area contributed by atoms with Crippen molar-refractivity contribution in [3.63, 3.8) is 0 Å². The summed E-state index contributed by atoms with van der Waals surface area (Å²) in [6.07, 6.45) is 0.571. The Morgan fingerprint density at radius 2 is 2.00 bits per heavy atom. The SMILES string of the molecule is CCOC(c1noc(CC(=O)CC(C)C)n1)C(C)C. The van der Waals surface area contributed by atoms with Gasteiger partial charge in [0.05, 0.1) is 6.42 Å². The van der Waals surface area contributed by atoms with Gasteiger partial charge in [-0.05, 0) is 18.8 Å². The number of hydrogen-bond acceptors (Lipinski definition) is 5. The average Bonchev–Trinajstić information content (AvgIpc) is 2.72. The largest absolute Gasteiger partial charge is 0.370 e. The first-order valence-corrected chi connectivity index (χ1v) is 6.89. The summed E-state index contributed by atoms with van der Waals surface area (Å²) in [6, 6.07) is 0. The molecular weight excluding hydrogens is 244 g/mol. The van der Waals surface area contributed by atoms with Gasteiger partial charge >= 0.3 is 0 Å². The van der Waals surface area contributed by atoms with E-state index in [4.69, 9.17) is 9.26 Å². The Hall–Kier alpha value is -1.23. The molecule has 1 atom stereocenters. The van der Waals surface area contributed by atoms with Crippen LogP contribution in [-0.4, -0.2) is 22.5 Å². The van der Waals surface area contributed by atoms with Crippen molar-refractivity contribution in [2.24, 2.45) is 11.8 Å². The van der Waals surface area contributed by atoms with Crippen LogP contribution in [0, 0.1) is 11.8 Å². The van der Waals surface area contributed by atoms with E-state index in [9.17, 15) is 4.79 Å². The van der Waals surface area contributed by atoms with Crippen LogP contribution in [0.15, 0.2) is 4.52 Å². The first kappa shape index (κ1) is 15.8. The van der Waals surface area contributed by atoms with Crippen molar-refractivity contribution < 1.29 is 14.1 Å². The van der Waals surface area contributed by atoms with Crippen molar-refractivity contribution in [2.75, 3.05) is 6.61 Å². The zero-order valence-corrected chi connectivity index (χ0v) is 12.5. The molecule has 1 aromatic heterocycles. The van der Waals surface area contributed by atoms with Crippen molar-refractivity contribution in [1.29, 1.82) is 0 Å². The van der Waals surface area contributed by atoms with Gasteiger partial charge in [0.25, 0.3) is 0 Å². The van der Waals surface area contributed by atoms with Gasteiger partial charge in [-0.25, -0.2) is 0 Å². The lowest BCUT2D eigenvalue weighted by Gasteiger charge is -2.16. The van der Waals surface area contributed by atoms with Crippen molar-refractivity contribution in [3.8, 4) is 0 Å². The molecule has 19 heavy (non-hydrogen) atoms. The zero-order valence-electron chi connectivity index (χ0n) is 12.5. The third-order valence-corrected chi connectivity index (χ3v) is 2.67. The molecule has 0 radical (unpaired) electrons. The van der Waals surface area contributed by atoms with E-state index in [1.165, 1.54) is 0 Å². The molecule has 0 aromatic carbocycles. The van der Waals surface area contributed by atoms with Crippen LogP contribution in [0.25, 0.3) is 0 Å². The van der Waals surface area contributed by atoms with Crippen LogP contribution in [0.5, 0.6) is 0 Å². The molecule has 0 fully saturated rings. The van der Waals surface area contributed by atoms with Crippen LogP contribution in [0.3, 0.4) is 0 Å². The normalized spacial score (nSPS) is 13.2. The van der Waals surface area contributed by atoms with Gasteiger partial charge in [-0.3, -0.25) is 4.79 Å². The maximum atomic E-state index is 11.7. The highest BCUT2D eigenvalue weighted by Gasteiger charge is 2.22. The number of ketones is 1. The molecule has 0 aliphatic heterocycles. The third-order valence-electron chi connectivity index (χ3n) is 2.67. The summed E-state index contributed by atoms with van der Waals surface area (Å²) < 4.78 is 10.7. The highest BCUT2D eigenvalue weighted by molar-refractivity contribution is 5.80. The van der Waals surface area contributed by atoms with Gasteiger partial charge in [0, 0.05) is 13.0 Å². The second-order valence-electron chi connectivity index (χ2n) is 5.48. The lowest BCUT2D eigenvalue weighted by atomic mass is 10.1. The third kappa shape index (κ3) is 5.11. The van der Waals surface area contributed by atoms with Gasteiger partial charge in [0.2, 0.25) is 11.7 Å². The maximum Gasteiger partial charge on any atom is 0.234 e. The molecule has 0 saturated carbocycles. The molecule has 0 aliphatic rings. The molecule has 1 unspecified atom stereocenters. The molecule has 0 N–H and O–H groups in total. The zero-order chi connectivity index (χ0) is 14.4. The summed E-state index contributed by atoms with van der Waals surface area (Å²) in [5, 5.41) is 3.93. The molecule has 108 valence electrons. The molecule has 0 amide bonds. The van der Waals surface area contributed by atoms with Gasteiger partial charge in [0.1, 0.15) is 11.9 Å². The fourth-order valence-corrected chi connectivity index (χ4v) is 1.90. The Kier molecular flexibility index (Phi) is 6.15. The number of carbonyl (C=O) groups excluding carboxylic acids is 1. The van der Waals surface area contributed by atoms with Gasteiger partial charge < -0.3 is 9.26 Å². The lowest BCUT2D eigenvalue weighted by molar-refractivity contribution is -0.119. The van der Waals surface area contributed by atoms with Crippen LogP contribution in [0.4, 0.5) is 0 Å². The van der Waals surface area contributed by atoms with E-state index in [1.807, 2.05) is 34.6 Å². The molecule has 0 spiro atoms. The Labute approximate surface area is 114 Å². The van der Waals surface area contributed by atoms with Crippen LogP contribution in [0.2, 0.25) is 0 Å². The minimum atomic E-state index is -0.178. The highest BCUT2D eigenvalue weighted by Crippen LogP contribution is 2.23. The quantitative estimate of drug-likeness (QED) is 0.725. The molecular formula is C14H24N2O3. The smallest absolute Gasteiger partial charge is 0.234 e. The molecule has 0 aliphatic carbocycles. The average molecular weight is 268 g/mol. The fourth-order valence-electron chi connectivity index (χ4n) is 1.90. The van der Waals surface area contributed by atoms with E-state index in [-0.39, 0.29) is 24.2 Å². The van der Waals surface area contributed by atoms with Crippen LogP contribution in [-0.2, 0) is 16.0 Å². The van der Waals surface area contributed by atoms with Gasteiger partial charge in [-0.2, -0.15) is 4.98 Å². The minimum Gasteiger partial charge on any atom is -0.370 e. The van der Waals surface area contributed by atoms with E-state index in [0.717, 1.165) is 0 Å². The van der Waals surface area contributed by atoms with E-state index in [1.54, 1.807) is 0 Å². The molecule has 0 bridgehead atoms. The Bertz CT molecular complexity index is 399. The predicted molar refractivity (Wildman–Crippen MR) is 71.7 cm³/mol. The molecule has 1 heterocycles. The second kappa shape index (κ2) is 7.38. The number of hydrogen-bond donors (Lipinski definition) is 0. The number of carbonyl (C=O) groups is 1. The van der Waals surface area contributed by atoms with Gasteiger partial charge in [0.15, 0.2) is 0 Å². The highest BCUT2D eigenvalue weighted by atomic mass is 16.5. The van der Waals surface area contributed by atoms with E-state index in [0.29, 0.717) is 30.7 Å². The molecule has 1 rings (SSSR count). The standard InChI is InChI=1S/C14H24N2O3/c1-6-18-13(10(4)5)14-15-12(19-16-14)8-11(17)7-9(2)3/h9-10,13H,6-8H2,1-5H3. The summed E-state index contributed by atoms with van der Waals surface area (Å²) in [6.45, 7) is 10.6. The maximum absolute atomic E-state index is 11.7. The first-order chi connectivity index (χ1) is 8.93. The van der Waals surface area contributed by atoms with Gasteiger partial charge in [-0.15, -0.1) is 0 Å². The first-order valence-electron chi connectivity index (χ1n) is 6.89. The lowest BCUT2D eigenvalue weighted by Crippen LogP contribution is -2.13. The molecule has 5 heteroatoms. The Morgan fingerprint density at radius 1 is 1.32 bits per heavy atom. The van der Waals surface area contributed by atoms with Crippen LogP contribution < -0.4 is 0 Å². The van der Waals surface area contributed by atoms with E-state index >= 15 is 0 Å². The van der Waals surface area contributed by atoms with Gasteiger partial charge in [-0.1, -0.05) is 32.9 Å². The number of aromatic nitrogens is 2. The van der Waals surface area contributed by atoms with Crippen molar-refractivity contribution >= 4 is 5.78 Å². The van der Waals surface area contributed by atoms with Crippen molar-refractivity contribution in [3.05, 3.63) is 11.7 Å². The number of nitrogens with zero attached hydrogens (tertiary/aromatic N) is 2. The topological polar surface area (TPSA) is 65.2 Å². The van der Waals surface area contributed by atoms with E-state index in [2.05, 4.69) is 10.1 Å². The molecule has 5 nitrogen and oxygen atoms in total. The summed E-state index contributed by atoms with van der Waals surface area (Å²) in [4.78, 5) is 16.0. The Morgan fingerprint density at radius 3 is 2.53 bits per heavy atom. The number of Topliss-reactive ketones (excluding diaryl/α,β-unsaturated/α-hetero) is 1. The Balaban J connectivity index is 2.67. The summed E-state index contributed by atoms with van der Waals surface area (Å²) >= 11 is 0. The van der Waals surface area contributed by atoms with Crippen molar-refractivity contribution in [1.82, 2.24) is 10.1 Å². The predicted octanol–water partition coefficient (Wildman–Crippen LogP) is 2.96. The second-order valence-corrected chi connectivity index (χ2v) is 5.48.